The molecule has 1 amide bonds. The summed E-state index contributed by atoms with van der Waals surface area (Å²) in [7, 11) is 0. The fourth-order valence-electron chi connectivity index (χ4n) is 3.57. The zero-order valence-electron chi connectivity index (χ0n) is 13.3. The first-order valence-corrected chi connectivity index (χ1v) is 9.17. The van der Waals surface area contributed by atoms with Crippen LogP contribution in [0.4, 0.5) is 0 Å². The average Bonchev–Trinajstić information content (AvgIpc) is 3.30. The van der Waals surface area contributed by atoms with E-state index in [4.69, 9.17) is 9.47 Å². The standard InChI is InChI=1S/C18H20N2O3S/c21-18(16-4-2-10-24-16)20-8-9-22-17-14(20)5-6-15(17)23-12-13-3-1-7-19-11-13/h1-4,7,10-11,14-15,17H,5-6,8-9,12H2/t14-,15+,17+/m0/s1. The number of pyridine rings is 1. The number of amides is 1. The molecule has 6 heteroatoms. The molecule has 126 valence electrons. The summed E-state index contributed by atoms with van der Waals surface area (Å²) in [5, 5.41) is 1.94. The predicted molar refractivity (Wildman–Crippen MR) is 90.9 cm³/mol. The van der Waals surface area contributed by atoms with Gasteiger partial charge in [-0.3, -0.25) is 9.78 Å². The second kappa shape index (κ2) is 7.01. The number of morpholine rings is 1. The molecule has 0 aromatic carbocycles. The Morgan fingerprint density at radius 1 is 1.38 bits per heavy atom. The fraction of sp³-hybridized carbons (Fsp3) is 0.444. The van der Waals surface area contributed by atoms with E-state index < -0.39 is 0 Å². The topological polar surface area (TPSA) is 51.7 Å². The molecule has 2 aromatic rings. The molecule has 3 atom stereocenters. The van der Waals surface area contributed by atoms with Crippen molar-refractivity contribution >= 4 is 17.2 Å². The summed E-state index contributed by atoms with van der Waals surface area (Å²) in [6.45, 7) is 1.77. The third-order valence-corrected chi connectivity index (χ3v) is 5.57. The third kappa shape index (κ3) is 3.09. The molecule has 0 N–H and O–H groups in total. The van der Waals surface area contributed by atoms with Gasteiger partial charge in [0.1, 0.15) is 6.10 Å². The summed E-state index contributed by atoms with van der Waals surface area (Å²) in [6.07, 6.45) is 5.44. The van der Waals surface area contributed by atoms with Crippen molar-refractivity contribution < 1.29 is 14.3 Å². The Labute approximate surface area is 145 Å². The van der Waals surface area contributed by atoms with Crippen LogP contribution in [-0.2, 0) is 16.1 Å². The smallest absolute Gasteiger partial charge is 0.264 e. The molecule has 0 spiro atoms. The molecule has 1 aliphatic carbocycles. The Hall–Kier alpha value is -1.76. The van der Waals surface area contributed by atoms with Crippen LogP contribution in [0.2, 0.25) is 0 Å². The first-order valence-electron chi connectivity index (χ1n) is 8.29. The number of ether oxygens (including phenoxy) is 2. The van der Waals surface area contributed by atoms with E-state index in [-0.39, 0.29) is 24.2 Å². The van der Waals surface area contributed by atoms with Crippen molar-refractivity contribution in [1.82, 2.24) is 9.88 Å². The largest absolute Gasteiger partial charge is 0.372 e. The van der Waals surface area contributed by atoms with Gasteiger partial charge in [0.2, 0.25) is 0 Å². The van der Waals surface area contributed by atoms with Gasteiger partial charge in [-0.05, 0) is 35.9 Å². The van der Waals surface area contributed by atoms with Gasteiger partial charge in [0.25, 0.3) is 5.91 Å². The zero-order chi connectivity index (χ0) is 16.4. The van der Waals surface area contributed by atoms with Gasteiger partial charge in [0, 0.05) is 18.9 Å². The van der Waals surface area contributed by atoms with Crippen LogP contribution in [0.5, 0.6) is 0 Å². The molecule has 1 saturated heterocycles. The molecular formula is C18H20N2O3S. The number of hydrogen-bond donors (Lipinski definition) is 0. The Morgan fingerprint density at radius 2 is 2.33 bits per heavy atom. The Morgan fingerprint density at radius 3 is 3.12 bits per heavy atom. The van der Waals surface area contributed by atoms with Crippen LogP contribution in [0.15, 0.2) is 42.0 Å². The Bertz CT molecular complexity index is 677. The second-order valence-corrected chi connectivity index (χ2v) is 7.11. The molecule has 2 aliphatic rings. The Balaban J connectivity index is 1.42. The maximum atomic E-state index is 12.7. The van der Waals surface area contributed by atoms with Gasteiger partial charge in [-0.2, -0.15) is 0 Å². The lowest BCUT2D eigenvalue weighted by Crippen LogP contribution is -2.53. The zero-order valence-corrected chi connectivity index (χ0v) is 14.2. The van der Waals surface area contributed by atoms with Crippen molar-refractivity contribution in [3.8, 4) is 0 Å². The molecule has 2 fully saturated rings. The molecule has 0 unspecified atom stereocenters. The van der Waals surface area contributed by atoms with Gasteiger partial charge in [-0.25, -0.2) is 0 Å². The van der Waals surface area contributed by atoms with E-state index in [1.165, 1.54) is 11.3 Å². The highest BCUT2D eigenvalue weighted by Gasteiger charge is 2.45. The minimum Gasteiger partial charge on any atom is -0.372 e. The van der Waals surface area contributed by atoms with Crippen molar-refractivity contribution in [2.24, 2.45) is 0 Å². The number of carbonyl (C=O) groups excluding carboxylic acids is 1. The molecule has 1 aliphatic heterocycles. The number of aromatic nitrogens is 1. The average molecular weight is 344 g/mol. The summed E-state index contributed by atoms with van der Waals surface area (Å²) < 4.78 is 12.0. The molecule has 5 nitrogen and oxygen atoms in total. The van der Waals surface area contributed by atoms with Crippen LogP contribution >= 0.6 is 11.3 Å². The highest BCUT2D eigenvalue weighted by atomic mass is 32.1. The number of thiophene rings is 1. The summed E-state index contributed by atoms with van der Waals surface area (Å²) in [6, 6.07) is 7.85. The molecular weight excluding hydrogens is 324 g/mol. The first-order chi connectivity index (χ1) is 11.8. The van der Waals surface area contributed by atoms with Crippen molar-refractivity contribution in [3.05, 3.63) is 52.5 Å². The van der Waals surface area contributed by atoms with Gasteiger partial charge < -0.3 is 14.4 Å². The monoisotopic (exact) mass is 344 g/mol. The van der Waals surface area contributed by atoms with E-state index in [1.807, 2.05) is 40.7 Å². The van der Waals surface area contributed by atoms with E-state index in [2.05, 4.69) is 4.98 Å². The minimum absolute atomic E-state index is 0.0284. The van der Waals surface area contributed by atoms with Crippen LogP contribution in [0.3, 0.4) is 0 Å². The van der Waals surface area contributed by atoms with Gasteiger partial charge in [0.05, 0.1) is 30.2 Å². The van der Waals surface area contributed by atoms with Crippen LogP contribution < -0.4 is 0 Å². The Kier molecular flexibility index (Phi) is 4.60. The predicted octanol–water partition coefficient (Wildman–Crippen LogP) is 2.73. The lowest BCUT2D eigenvalue weighted by atomic mass is 10.1. The quantitative estimate of drug-likeness (QED) is 0.856. The molecule has 4 rings (SSSR count). The van der Waals surface area contributed by atoms with Gasteiger partial charge in [-0.15, -0.1) is 11.3 Å². The van der Waals surface area contributed by atoms with Crippen LogP contribution in [0, 0.1) is 0 Å². The van der Waals surface area contributed by atoms with Gasteiger partial charge in [-0.1, -0.05) is 12.1 Å². The third-order valence-electron chi connectivity index (χ3n) is 4.72. The summed E-state index contributed by atoms with van der Waals surface area (Å²) in [5.41, 5.74) is 1.06. The minimum atomic E-state index is -0.0284. The number of carbonyl (C=O) groups is 1. The lowest BCUT2D eigenvalue weighted by molar-refractivity contribution is -0.108. The lowest BCUT2D eigenvalue weighted by Gasteiger charge is -2.38. The van der Waals surface area contributed by atoms with E-state index in [9.17, 15) is 4.79 Å². The normalized spacial score (nSPS) is 26.3. The molecule has 24 heavy (non-hydrogen) atoms. The van der Waals surface area contributed by atoms with Crippen LogP contribution in [0.25, 0.3) is 0 Å². The van der Waals surface area contributed by atoms with Crippen LogP contribution in [-0.4, -0.2) is 47.2 Å². The summed E-state index contributed by atoms with van der Waals surface area (Å²) in [5.74, 6) is 0.121. The van der Waals surface area contributed by atoms with E-state index in [1.54, 1.807) is 6.20 Å². The molecule has 2 aromatic heterocycles. The SMILES string of the molecule is O=C(c1cccs1)N1CCO[C@H]2[C@H](OCc3cccnc3)CC[C@@H]21. The van der Waals surface area contributed by atoms with E-state index in [0.717, 1.165) is 23.3 Å². The van der Waals surface area contributed by atoms with Crippen molar-refractivity contribution in [2.45, 2.75) is 37.7 Å². The maximum absolute atomic E-state index is 12.7. The fourth-order valence-corrected chi connectivity index (χ4v) is 4.25. The maximum Gasteiger partial charge on any atom is 0.264 e. The molecule has 3 heterocycles. The molecule has 0 radical (unpaired) electrons. The van der Waals surface area contributed by atoms with Crippen molar-refractivity contribution in [3.63, 3.8) is 0 Å². The number of nitrogens with zero attached hydrogens (tertiary/aromatic N) is 2. The highest BCUT2D eigenvalue weighted by molar-refractivity contribution is 7.12. The van der Waals surface area contributed by atoms with Gasteiger partial charge in [0.15, 0.2) is 0 Å². The first kappa shape index (κ1) is 15.7. The second-order valence-electron chi connectivity index (χ2n) is 6.17. The van der Waals surface area contributed by atoms with E-state index >= 15 is 0 Å². The highest BCUT2D eigenvalue weighted by Crippen LogP contribution is 2.33. The molecule has 0 bridgehead atoms. The van der Waals surface area contributed by atoms with Crippen LogP contribution in [0.1, 0.15) is 28.1 Å². The molecule has 1 saturated carbocycles. The van der Waals surface area contributed by atoms with Crippen molar-refractivity contribution in [1.29, 1.82) is 0 Å². The summed E-state index contributed by atoms with van der Waals surface area (Å²) >= 11 is 1.50. The summed E-state index contributed by atoms with van der Waals surface area (Å²) in [4.78, 5) is 19.6. The number of fused-ring (bicyclic) bond motifs is 1. The van der Waals surface area contributed by atoms with Gasteiger partial charge >= 0.3 is 0 Å². The number of rotatable bonds is 4. The van der Waals surface area contributed by atoms with E-state index in [0.29, 0.717) is 19.8 Å². The number of hydrogen-bond acceptors (Lipinski definition) is 5. The van der Waals surface area contributed by atoms with Crippen molar-refractivity contribution in [2.75, 3.05) is 13.2 Å².